The van der Waals surface area contributed by atoms with Gasteiger partial charge in [0.05, 0.1) is 25.6 Å². The van der Waals surface area contributed by atoms with Crippen molar-refractivity contribution in [1.29, 1.82) is 0 Å². The molecular weight excluding hydrogens is 184 g/mol. The maximum absolute atomic E-state index is 10.9. The number of nitrogen functional groups attached to an aromatic ring is 1. The lowest BCUT2D eigenvalue weighted by Gasteiger charge is -2.08. The van der Waals surface area contributed by atoms with Crippen LogP contribution in [-0.2, 0) is 4.74 Å². The van der Waals surface area contributed by atoms with Gasteiger partial charge in [-0.25, -0.2) is 4.79 Å². The van der Waals surface area contributed by atoms with Crippen molar-refractivity contribution in [3.8, 4) is 5.75 Å². The van der Waals surface area contributed by atoms with Crippen molar-refractivity contribution in [3.05, 3.63) is 18.2 Å². The Bertz CT molecular complexity index is 339. The molecule has 1 aromatic rings. The zero-order valence-electron chi connectivity index (χ0n) is 8.03. The van der Waals surface area contributed by atoms with Crippen molar-refractivity contribution in [1.82, 2.24) is 0 Å². The molecule has 0 unspecified atom stereocenters. The number of anilines is 2. The molecule has 0 aliphatic rings. The molecule has 0 aliphatic carbocycles. The number of amides is 1. The smallest absolute Gasteiger partial charge is 0.411 e. The Morgan fingerprint density at radius 3 is 2.71 bits per heavy atom. The van der Waals surface area contributed by atoms with Gasteiger partial charge < -0.3 is 15.2 Å². The minimum absolute atomic E-state index is 0.455. The van der Waals surface area contributed by atoms with Gasteiger partial charge >= 0.3 is 6.09 Å². The molecule has 0 aromatic heterocycles. The normalized spacial score (nSPS) is 9.29. The number of ether oxygens (including phenoxy) is 2. The highest BCUT2D eigenvalue weighted by Crippen LogP contribution is 2.24. The van der Waals surface area contributed by atoms with Crippen LogP contribution in [0.4, 0.5) is 16.2 Å². The number of methoxy groups -OCH3 is 2. The second kappa shape index (κ2) is 4.36. The molecule has 0 atom stereocenters. The van der Waals surface area contributed by atoms with Crippen molar-refractivity contribution in [2.24, 2.45) is 0 Å². The molecule has 3 N–H and O–H groups in total. The maximum Gasteiger partial charge on any atom is 0.411 e. The first-order valence-corrected chi connectivity index (χ1v) is 3.96. The molecule has 14 heavy (non-hydrogen) atoms. The predicted octanol–water partition coefficient (Wildman–Crippen LogP) is 1.46. The molecule has 76 valence electrons. The summed E-state index contributed by atoms with van der Waals surface area (Å²) in [7, 11) is 2.82. The summed E-state index contributed by atoms with van der Waals surface area (Å²) < 4.78 is 9.41. The lowest BCUT2D eigenvalue weighted by molar-refractivity contribution is 0.187. The van der Waals surface area contributed by atoms with E-state index in [2.05, 4.69) is 10.1 Å². The Hall–Kier alpha value is -1.91. The van der Waals surface area contributed by atoms with Crippen LogP contribution in [0.3, 0.4) is 0 Å². The molecule has 0 fully saturated rings. The molecule has 0 aliphatic heterocycles. The van der Waals surface area contributed by atoms with Gasteiger partial charge in [-0.1, -0.05) is 0 Å². The van der Waals surface area contributed by atoms with Crippen LogP contribution in [0.5, 0.6) is 5.75 Å². The Kier molecular flexibility index (Phi) is 3.17. The van der Waals surface area contributed by atoms with E-state index in [0.29, 0.717) is 17.1 Å². The van der Waals surface area contributed by atoms with Crippen molar-refractivity contribution >= 4 is 17.5 Å². The van der Waals surface area contributed by atoms with E-state index in [-0.39, 0.29) is 0 Å². The first-order valence-electron chi connectivity index (χ1n) is 3.96. The molecule has 0 heterocycles. The lowest BCUT2D eigenvalue weighted by atomic mass is 10.2. The average molecular weight is 196 g/mol. The lowest BCUT2D eigenvalue weighted by Crippen LogP contribution is -2.12. The van der Waals surface area contributed by atoms with E-state index >= 15 is 0 Å². The summed E-state index contributed by atoms with van der Waals surface area (Å²) in [5.41, 5.74) is 6.54. The molecule has 5 nitrogen and oxygen atoms in total. The predicted molar refractivity (Wildman–Crippen MR) is 53.4 cm³/mol. The fourth-order valence-corrected chi connectivity index (χ4v) is 0.932. The minimum Gasteiger partial charge on any atom is -0.497 e. The third kappa shape index (κ3) is 2.29. The van der Waals surface area contributed by atoms with Crippen LogP contribution in [0.2, 0.25) is 0 Å². The van der Waals surface area contributed by atoms with Crippen LogP contribution in [-0.4, -0.2) is 20.3 Å². The van der Waals surface area contributed by atoms with Gasteiger partial charge in [0.15, 0.2) is 0 Å². The van der Waals surface area contributed by atoms with Gasteiger partial charge in [-0.05, 0) is 12.1 Å². The average Bonchev–Trinajstić information content (AvgIpc) is 2.21. The van der Waals surface area contributed by atoms with Gasteiger partial charge in [0, 0.05) is 6.07 Å². The zero-order chi connectivity index (χ0) is 10.6. The number of hydrogen-bond acceptors (Lipinski definition) is 4. The van der Waals surface area contributed by atoms with E-state index in [1.54, 1.807) is 18.2 Å². The number of nitrogens with one attached hydrogen (secondary N) is 1. The molecule has 1 rings (SSSR count). The van der Waals surface area contributed by atoms with Gasteiger partial charge in [-0.2, -0.15) is 0 Å². The highest BCUT2D eigenvalue weighted by molar-refractivity contribution is 5.89. The quantitative estimate of drug-likeness (QED) is 0.702. The first kappa shape index (κ1) is 10.2. The number of hydrogen-bond donors (Lipinski definition) is 2. The summed E-state index contributed by atoms with van der Waals surface area (Å²) in [6.07, 6.45) is -0.565. The molecule has 5 heteroatoms. The summed E-state index contributed by atoms with van der Waals surface area (Å²) in [5.74, 6) is 0.616. The number of nitrogens with two attached hydrogens (primary N) is 1. The Balaban J connectivity index is 2.89. The van der Waals surface area contributed by atoms with Gasteiger partial charge in [0.25, 0.3) is 0 Å². The van der Waals surface area contributed by atoms with Crippen LogP contribution in [0.25, 0.3) is 0 Å². The van der Waals surface area contributed by atoms with Gasteiger partial charge in [-0.15, -0.1) is 0 Å². The Labute approximate surface area is 81.8 Å². The van der Waals surface area contributed by atoms with Gasteiger partial charge in [0.2, 0.25) is 0 Å². The van der Waals surface area contributed by atoms with Crippen LogP contribution in [0, 0.1) is 0 Å². The summed E-state index contributed by atoms with van der Waals surface area (Å²) in [4.78, 5) is 10.9. The standard InChI is InChI=1S/C9H12N2O3/c1-13-6-3-4-7(10)8(5-6)11-9(12)14-2/h3-5H,10H2,1-2H3,(H,11,12). The van der Waals surface area contributed by atoms with E-state index in [1.807, 2.05) is 0 Å². The SMILES string of the molecule is COC(=O)Nc1cc(OC)ccc1N. The number of carbonyl (C=O) groups is 1. The topological polar surface area (TPSA) is 73.6 Å². The van der Waals surface area contributed by atoms with E-state index in [0.717, 1.165) is 0 Å². The van der Waals surface area contributed by atoms with Crippen molar-refractivity contribution in [2.75, 3.05) is 25.3 Å². The van der Waals surface area contributed by atoms with E-state index in [4.69, 9.17) is 10.5 Å². The van der Waals surface area contributed by atoms with Crippen LogP contribution in [0.1, 0.15) is 0 Å². The van der Waals surface area contributed by atoms with Crippen LogP contribution in [0.15, 0.2) is 18.2 Å². The molecule has 0 saturated carbocycles. The molecule has 0 bridgehead atoms. The fraction of sp³-hybridized carbons (Fsp3) is 0.222. The Morgan fingerprint density at radius 2 is 2.14 bits per heavy atom. The monoisotopic (exact) mass is 196 g/mol. The van der Waals surface area contributed by atoms with Gasteiger partial charge in [-0.3, -0.25) is 5.32 Å². The summed E-state index contributed by atoms with van der Waals surface area (Å²) in [5, 5.41) is 2.47. The second-order valence-corrected chi connectivity index (χ2v) is 2.57. The molecule has 1 amide bonds. The molecule has 0 radical (unpaired) electrons. The summed E-state index contributed by atoms with van der Waals surface area (Å²) >= 11 is 0. The van der Waals surface area contributed by atoms with Crippen LogP contribution >= 0.6 is 0 Å². The van der Waals surface area contributed by atoms with E-state index in [1.165, 1.54) is 14.2 Å². The van der Waals surface area contributed by atoms with Crippen molar-refractivity contribution in [3.63, 3.8) is 0 Å². The van der Waals surface area contributed by atoms with E-state index in [9.17, 15) is 4.79 Å². The highest BCUT2D eigenvalue weighted by Gasteiger charge is 2.05. The van der Waals surface area contributed by atoms with E-state index < -0.39 is 6.09 Å². The molecule has 1 aromatic carbocycles. The largest absolute Gasteiger partial charge is 0.497 e. The first-order chi connectivity index (χ1) is 6.67. The number of benzene rings is 1. The number of carbonyl (C=O) groups excluding carboxylic acids is 1. The molecular formula is C9H12N2O3. The van der Waals surface area contributed by atoms with Crippen molar-refractivity contribution in [2.45, 2.75) is 0 Å². The van der Waals surface area contributed by atoms with Gasteiger partial charge in [0.1, 0.15) is 5.75 Å². The maximum atomic E-state index is 10.9. The van der Waals surface area contributed by atoms with Crippen LogP contribution < -0.4 is 15.8 Å². The Morgan fingerprint density at radius 1 is 1.43 bits per heavy atom. The summed E-state index contributed by atoms with van der Waals surface area (Å²) in [6, 6.07) is 4.97. The summed E-state index contributed by atoms with van der Waals surface area (Å²) in [6.45, 7) is 0. The fourth-order valence-electron chi connectivity index (χ4n) is 0.932. The number of rotatable bonds is 2. The zero-order valence-corrected chi connectivity index (χ0v) is 8.03. The minimum atomic E-state index is -0.565. The van der Waals surface area contributed by atoms with Crippen molar-refractivity contribution < 1.29 is 14.3 Å². The highest BCUT2D eigenvalue weighted by atomic mass is 16.5. The molecule has 0 spiro atoms. The third-order valence-corrected chi connectivity index (χ3v) is 1.68. The molecule has 0 saturated heterocycles. The third-order valence-electron chi connectivity index (χ3n) is 1.68. The second-order valence-electron chi connectivity index (χ2n) is 2.57.